The molecule has 1 aliphatic heterocycles. The fourth-order valence-electron chi connectivity index (χ4n) is 6.21. The molecule has 0 amide bonds. The Balaban J connectivity index is 1.26. The number of aliphatic imine (C=N–C) groups is 1. The highest BCUT2D eigenvalue weighted by molar-refractivity contribution is 6.10. The molecule has 0 radical (unpaired) electrons. The van der Waals surface area contributed by atoms with Gasteiger partial charge in [-0.25, -0.2) is 4.99 Å². The SMILES string of the molecule is C1=C(Nc2cc(-c3ccccc3)cc(-c3ccc4c5ccccc5n(-c5ccccc5)c4c3)c2)N=C(c2ccccn2)CC1. The summed E-state index contributed by atoms with van der Waals surface area (Å²) < 4.78 is 2.37. The van der Waals surface area contributed by atoms with Crippen molar-refractivity contribution in [2.24, 2.45) is 4.99 Å². The molecule has 3 heterocycles. The summed E-state index contributed by atoms with van der Waals surface area (Å²) >= 11 is 0. The standard InChI is InChI=1S/C40H30N4/c1-3-12-28(13-4-1)30-24-31(26-32(25-30)42-40-20-11-18-37(43-40)36-17-9-10-23-41-36)29-21-22-35-34-16-7-8-19-38(34)44(39(35)27-29)33-14-5-2-6-15-33/h1-10,12-17,19-27,42H,11,18H2. The first-order valence-electron chi connectivity index (χ1n) is 15.1. The zero-order valence-electron chi connectivity index (χ0n) is 24.2. The Labute approximate surface area is 256 Å². The van der Waals surface area contributed by atoms with Crippen LogP contribution in [0.4, 0.5) is 5.69 Å². The molecule has 2 aromatic heterocycles. The van der Waals surface area contributed by atoms with E-state index in [-0.39, 0.29) is 0 Å². The number of aromatic nitrogens is 2. The third-order valence-corrected chi connectivity index (χ3v) is 8.27. The Morgan fingerprint density at radius 1 is 0.568 bits per heavy atom. The monoisotopic (exact) mass is 566 g/mol. The van der Waals surface area contributed by atoms with Crippen LogP contribution in [-0.4, -0.2) is 15.3 Å². The van der Waals surface area contributed by atoms with E-state index in [1.165, 1.54) is 27.4 Å². The van der Waals surface area contributed by atoms with Gasteiger partial charge in [0.15, 0.2) is 0 Å². The van der Waals surface area contributed by atoms with Crippen LogP contribution in [0.3, 0.4) is 0 Å². The smallest absolute Gasteiger partial charge is 0.126 e. The van der Waals surface area contributed by atoms with E-state index >= 15 is 0 Å². The molecule has 0 saturated carbocycles. The first-order chi connectivity index (χ1) is 21.8. The highest BCUT2D eigenvalue weighted by Gasteiger charge is 2.15. The largest absolute Gasteiger partial charge is 0.340 e. The molecule has 8 rings (SSSR count). The number of pyridine rings is 1. The van der Waals surface area contributed by atoms with Gasteiger partial charge >= 0.3 is 0 Å². The molecule has 0 saturated heterocycles. The Bertz CT molecular complexity index is 2180. The quantitative estimate of drug-likeness (QED) is 0.218. The van der Waals surface area contributed by atoms with E-state index in [1.807, 2.05) is 24.4 Å². The van der Waals surface area contributed by atoms with Crippen LogP contribution in [0.25, 0.3) is 49.7 Å². The van der Waals surface area contributed by atoms with Gasteiger partial charge in [-0.1, -0.05) is 84.9 Å². The van der Waals surface area contributed by atoms with Gasteiger partial charge in [-0.05, 0) is 95.8 Å². The van der Waals surface area contributed by atoms with Gasteiger partial charge in [-0.15, -0.1) is 0 Å². The topological polar surface area (TPSA) is 42.2 Å². The lowest BCUT2D eigenvalue weighted by molar-refractivity contribution is 1.01. The maximum Gasteiger partial charge on any atom is 0.126 e. The number of rotatable bonds is 6. The minimum atomic E-state index is 0.854. The number of nitrogens with one attached hydrogen (secondary N) is 1. The maximum atomic E-state index is 4.96. The highest BCUT2D eigenvalue weighted by atomic mass is 15.0. The van der Waals surface area contributed by atoms with Gasteiger partial charge in [0.25, 0.3) is 0 Å². The fraction of sp³-hybridized carbons (Fsp3) is 0.0500. The van der Waals surface area contributed by atoms with Crippen LogP contribution in [0.1, 0.15) is 18.5 Å². The molecule has 4 heteroatoms. The van der Waals surface area contributed by atoms with E-state index in [0.717, 1.165) is 58.1 Å². The first-order valence-corrected chi connectivity index (χ1v) is 15.1. The Kier molecular flexibility index (Phi) is 6.58. The second-order valence-electron chi connectivity index (χ2n) is 11.1. The molecule has 7 aromatic rings. The van der Waals surface area contributed by atoms with E-state index in [1.54, 1.807) is 0 Å². The van der Waals surface area contributed by atoms with Crippen molar-refractivity contribution < 1.29 is 0 Å². The van der Waals surface area contributed by atoms with Gasteiger partial charge < -0.3 is 9.88 Å². The summed E-state index contributed by atoms with van der Waals surface area (Å²) in [6.07, 6.45) is 5.80. The van der Waals surface area contributed by atoms with Crippen molar-refractivity contribution in [1.82, 2.24) is 9.55 Å². The fourth-order valence-corrected chi connectivity index (χ4v) is 6.21. The predicted octanol–water partition coefficient (Wildman–Crippen LogP) is 10.0. The zero-order valence-corrected chi connectivity index (χ0v) is 24.2. The summed E-state index contributed by atoms with van der Waals surface area (Å²) in [4.78, 5) is 9.50. The van der Waals surface area contributed by atoms with Crippen molar-refractivity contribution in [3.63, 3.8) is 0 Å². The molecule has 0 fully saturated rings. The molecule has 5 aromatic carbocycles. The van der Waals surface area contributed by atoms with Crippen LogP contribution in [0.5, 0.6) is 0 Å². The molecule has 1 aliphatic rings. The first kappa shape index (κ1) is 25.9. The average molecular weight is 567 g/mol. The van der Waals surface area contributed by atoms with Gasteiger partial charge in [-0.3, -0.25) is 4.98 Å². The van der Waals surface area contributed by atoms with Crippen molar-refractivity contribution in [3.05, 3.63) is 163 Å². The van der Waals surface area contributed by atoms with Gasteiger partial charge in [-0.2, -0.15) is 0 Å². The van der Waals surface area contributed by atoms with Crippen LogP contribution in [-0.2, 0) is 0 Å². The Hall–Kier alpha value is -5.74. The van der Waals surface area contributed by atoms with Crippen LogP contribution in [0.2, 0.25) is 0 Å². The van der Waals surface area contributed by atoms with Crippen molar-refractivity contribution in [3.8, 4) is 27.9 Å². The molecular weight excluding hydrogens is 536 g/mol. The molecule has 210 valence electrons. The minimum Gasteiger partial charge on any atom is -0.340 e. The molecule has 0 spiro atoms. The van der Waals surface area contributed by atoms with Crippen molar-refractivity contribution >= 4 is 33.2 Å². The molecule has 0 aliphatic carbocycles. The molecule has 0 bridgehead atoms. The second kappa shape index (κ2) is 11.2. The lowest BCUT2D eigenvalue weighted by atomic mass is 9.97. The van der Waals surface area contributed by atoms with Crippen molar-refractivity contribution in [2.45, 2.75) is 12.8 Å². The molecule has 0 atom stereocenters. The van der Waals surface area contributed by atoms with Crippen LogP contribution < -0.4 is 5.32 Å². The predicted molar refractivity (Wildman–Crippen MR) is 183 cm³/mol. The number of anilines is 1. The van der Waals surface area contributed by atoms with Crippen LogP contribution >= 0.6 is 0 Å². The molecule has 0 unspecified atom stereocenters. The summed E-state index contributed by atoms with van der Waals surface area (Å²) in [6.45, 7) is 0. The average Bonchev–Trinajstić information content (AvgIpc) is 3.43. The van der Waals surface area contributed by atoms with Gasteiger partial charge in [0.1, 0.15) is 5.82 Å². The summed E-state index contributed by atoms with van der Waals surface area (Å²) in [7, 11) is 0. The van der Waals surface area contributed by atoms with Gasteiger partial charge in [0.2, 0.25) is 0 Å². The van der Waals surface area contributed by atoms with Crippen LogP contribution in [0, 0.1) is 0 Å². The van der Waals surface area contributed by atoms with E-state index in [4.69, 9.17) is 4.99 Å². The summed E-state index contributed by atoms with van der Waals surface area (Å²) in [5.74, 6) is 0.854. The van der Waals surface area contributed by atoms with Gasteiger partial charge in [0, 0.05) is 28.3 Å². The summed E-state index contributed by atoms with van der Waals surface area (Å²) in [5, 5.41) is 6.14. The minimum absolute atomic E-state index is 0.854. The zero-order chi connectivity index (χ0) is 29.3. The van der Waals surface area contributed by atoms with E-state index in [9.17, 15) is 0 Å². The molecular formula is C40H30N4. The van der Waals surface area contributed by atoms with Gasteiger partial charge in [0.05, 0.1) is 22.4 Å². The van der Waals surface area contributed by atoms with E-state index < -0.39 is 0 Å². The normalized spacial score (nSPS) is 13.1. The number of hydrogen-bond donors (Lipinski definition) is 1. The Morgan fingerprint density at radius 2 is 1.30 bits per heavy atom. The van der Waals surface area contributed by atoms with Crippen LogP contribution in [0.15, 0.2) is 163 Å². The number of fused-ring (bicyclic) bond motifs is 3. The Morgan fingerprint density at radius 3 is 2.11 bits per heavy atom. The maximum absolute atomic E-state index is 4.96. The third-order valence-electron chi connectivity index (χ3n) is 8.27. The number of allylic oxidation sites excluding steroid dienone is 1. The third kappa shape index (κ3) is 4.87. The number of nitrogens with zero attached hydrogens (tertiary/aromatic N) is 3. The number of para-hydroxylation sites is 2. The lowest BCUT2D eigenvalue weighted by Gasteiger charge is -2.16. The highest BCUT2D eigenvalue weighted by Crippen LogP contribution is 2.37. The number of hydrogen-bond acceptors (Lipinski definition) is 3. The van der Waals surface area contributed by atoms with Crippen molar-refractivity contribution in [2.75, 3.05) is 5.32 Å². The summed E-state index contributed by atoms with van der Waals surface area (Å²) in [5.41, 5.74) is 11.1. The lowest BCUT2D eigenvalue weighted by Crippen LogP contribution is -2.10. The summed E-state index contributed by atoms with van der Waals surface area (Å²) in [6, 6.07) is 49.4. The van der Waals surface area contributed by atoms with Crippen molar-refractivity contribution in [1.29, 1.82) is 0 Å². The number of benzene rings is 5. The second-order valence-corrected chi connectivity index (χ2v) is 11.1. The molecule has 4 nitrogen and oxygen atoms in total. The molecule has 44 heavy (non-hydrogen) atoms. The van der Waals surface area contributed by atoms with E-state index in [2.05, 4.69) is 142 Å². The molecule has 1 N–H and O–H groups in total. The van der Waals surface area contributed by atoms with E-state index in [0.29, 0.717) is 0 Å².